The van der Waals surface area contributed by atoms with Gasteiger partial charge in [0.25, 0.3) is 0 Å². The first kappa shape index (κ1) is 26.6. The number of anilines is 3. The number of piperazine rings is 1. The minimum atomic E-state index is -5.00. The highest BCUT2D eigenvalue weighted by molar-refractivity contribution is 7.99. The SMILES string of the molecule is O=C(CSc1cc(N2CCN(c3ccccc3)CC2)ncn1)Nc1cc(C(F)(F)F)cc(C(F)(F)F)c1. The van der Waals surface area contributed by atoms with Gasteiger partial charge in [0, 0.05) is 43.6 Å². The zero-order valence-electron chi connectivity index (χ0n) is 19.2. The Morgan fingerprint density at radius 2 is 1.43 bits per heavy atom. The Balaban J connectivity index is 1.36. The van der Waals surface area contributed by atoms with E-state index in [0.29, 0.717) is 36.1 Å². The molecule has 1 aliphatic heterocycles. The third kappa shape index (κ3) is 7.06. The van der Waals surface area contributed by atoms with Gasteiger partial charge in [-0.1, -0.05) is 30.0 Å². The number of hydrogen-bond donors (Lipinski definition) is 1. The second-order valence-electron chi connectivity index (χ2n) is 8.16. The maximum absolute atomic E-state index is 13.0. The summed E-state index contributed by atoms with van der Waals surface area (Å²) in [6.07, 6.45) is -8.65. The molecule has 0 atom stereocenters. The van der Waals surface area contributed by atoms with Gasteiger partial charge in [-0.25, -0.2) is 9.97 Å². The molecule has 6 nitrogen and oxygen atoms in total. The zero-order valence-corrected chi connectivity index (χ0v) is 20.0. The maximum Gasteiger partial charge on any atom is 0.416 e. The molecular weight excluding hydrogens is 520 g/mol. The maximum atomic E-state index is 13.0. The van der Waals surface area contributed by atoms with Gasteiger partial charge in [0.1, 0.15) is 17.2 Å². The van der Waals surface area contributed by atoms with E-state index in [9.17, 15) is 31.1 Å². The van der Waals surface area contributed by atoms with Gasteiger partial charge in [-0.15, -0.1) is 0 Å². The molecule has 13 heteroatoms. The number of nitrogens with one attached hydrogen (secondary N) is 1. The number of alkyl halides is 6. The highest BCUT2D eigenvalue weighted by Crippen LogP contribution is 2.37. The molecule has 2 heterocycles. The average Bonchev–Trinajstić information content (AvgIpc) is 2.87. The Kier molecular flexibility index (Phi) is 7.81. The van der Waals surface area contributed by atoms with Gasteiger partial charge in [0.15, 0.2) is 0 Å². The predicted octanol–water partition coefficient (Wildman–Crippen LogP) is 5.57. The van der Waals surface area contributed by atoms with Crippen LogP contribution >= 0.6 is 11.8 Å². The fourth-order valence-electron chi connectivity index (χ4n) is 3.78. The highest BCUT2D eigenvalue weighted by Gasteiger charge is 2.37. The first-order valence-electron chi connectivity index (χ1n) is 11.1. The van der Waals surface area contributed by atoms with Crippen LogP contribution in [-0.4, -0.2) is 47.8 Å². The summed E-state index contributed by atoms with van der Waals surface area (Å²) in [7, 11) is 0. The number of carbonyl (C=O) groups excluding carboxylic acids is 1. The summed E-state index contributed by atoms with van der Waals surface area (Å²) in [6, 6.07) is 12.6. The molecule has 2 aromatic carbocycles. The van der Waals surface area contributed by atoms with Crippen molar-refractivity contribution in [2.45, 2.75) is 17.4 Å². The van der Waals surface area contributed by atoms with Crippen molar-refractivity contribution in [2.24, 2.45) is 0 Å². The van der Waals surface area contributed by atoms with E-state index in [1.54, 1.807) is 6.07 Å². The van der Waals surface area contributed by atoms with Gasteiger partial charge in [-0.05, 0) is 30.3 Å². The molecule has 3 aromatic rings. The molecule has 196 valence electrons. The number of benzene rings is 2. The van der Waals surface area contributed by atoms with Crippen molar-refractivity contribution >= 4 is 34.9 Å². The Hall–Kier alpha value is -3.48. The van der Waals surface area contributed by atoms with Crippen LogP contribution < -0.4 is 15.1 Å². The number of rotatable bonds is 6. The summed E-state index contributed by atoms with van der Waals surface area (Å²) >= 11 is 0.998. The highest BCUT2D eigenvalue weighted by atomic mass is 32.2. The molecule has 0 unspecified atom stereocenters. The number of halogens is 6. The number of nitrogens with zero attached hydrogens (tertiary/aromatic N) is 4. The van der Waals surface area contributed by atoms with Gasteiger partial charge in [-0.3, -0.25) is 4.79 Å². The van der Waals surface area contributed by atoms with E-state index in [1.165, 1.54) is 6.33 Å². The van der Waals surface area contributed by atoms with E-state index in [4.69, 9.17) is 0 Å². The molecule has 1 aliphatic rings. The molecule has 1 saturated heterocycles. The van der Waals surface area contributed by atoms with E-state index >= 15 is 0 Å². The first-order valence-corrected chi connectivity index (χ1v) is 12.1. The van der Waals surface area contributed by atoms with Crippen LogP contribution in [0.2, 0.25) is 0 Å². The fourth-order valence-corrected chi connectivity index (χ4v) is 4.44. The summed E-state index contributed by atoms with van der Waals surface area (Å²) in [5.74, 6) is -0.372. The monoisotopic (exact) mass is 541 g/mol. The Morgan fingerprint density at radius 1 is 0.838 bits per heavy atom. The number of hydrogen-bond acceptors (Lipinski definition) is 6. The van der Waals surface area contributed by atoms with Crippen molar-refractivity contribution in [3.05, 3.63) is 72.1 Å². The van der Waals surface area contributed by atoms with Crippen molar-refractivity contribution in [2.75, 3.05) is 47.0 Å². The molecule has 1 aromatic heterocycles. The molecule has 37 heavy (non-hydrogen) atoms. The van der Waals surface area contributed by atoms with E-state index < -0.39 is 35.1 Å². The van der Waals surface area contributed by atoms with Gasteiger partial charge in [0.2, 0.25) is 5.91 Å². The van der Waals surface area contributed by atoms with E-state index in [1.807, 2.05) is 30.3 Å². The average molecular weight is 542 g/mol. The lowest BCUT2D eigenvalue weighted by atomic mass is 10.1. The van der Waals surface area contributed by atoms with Crippen LogP contribution in [0, 0.1) is 0 Å². The number of carbonyl (C=O) groups is 1. The standard InChI is InChI=1S/C24H21F6N5OS/c25-23(26,27)16-10-17(24(28,29)30)12-18(11-16)33-21(36)14-37-22-13-20(31-15-32-22)35-8-6-34(7-9-35)19-4-2-1-3-5-19/h1-5,10-13,15H,6-9,14H2,(H,33,36). The summed E-state index contributed by atoms with van der Waals surface area (Å²) in [5, 5.41) is 2.57. The summed E-state index contributed by atoms with van der Waals surface area (Å²) in [6.45, 7) is 3.01. The fraction of sp³-hybridized carbons (Fsp3) is 0.292. The second kappa shape index (κ2) is 10.9. The Morgan fingerprint density at radius 3 is 2.03 bits per heavy atom. The molecule has 1 N–H and O–H groups in total. The molecule has 0 spiro atoms. The molecular formula is C24H21F6N5OS. The lowest BCUT2D eigenvalue weighted by Crippen LogP contribution is -2.46. The smallest absolute Gasteiger partial charge is 0.368 e. The first-order chi connectivity index (χ1) is 17.5. The van der Waals surface area contributed by atoms with Crippen LogP contribution in [0.4, 0.5) is 43.5 Å². The van der Waals surface area contributed by atoms with Crippen molar-refractivity contribution in [1.82, 2.24) is 9.97 Å². The number of amides is 1. The third-order valence-electron chi connectivity index (χ3n) is 5.58. The van der Waals surface area contributed by atoms with Gasteiger partial charge in [0.05, 0.1) is 16.9 Å². The largest absolute Gasteiger partial charge is 0.416 e. The van der Waals surface area contributed by atoms with Gasteiger partial charge >= 0.3 is 12.4 Å². The van der Waals surface area contributed by atoms with Crippen LogP contribution in [0.15, 0.2) is 66.0 Å². The van der Waals surface area contributed by atoms with Crippen LogP contribution in [0.1, 0.15) is 11.1 Å². The van der Waals surface area contributed by atoms with Gasteiger partial charge in [-0.2, -0.15) is 26.3 Å². The minimum absolute atomic E-state index is 0.00644. The lowest BCUT2D eigenvalue weighted by Gasteiger charge is -2.36. The third-order valence-corrected chi connectivity index (χ3v) is 6.50. The number of para-hydroxylation sites is 1. The van der Waals surface area contributed by atoms with Crippen molar-refractivity contribution < 1.29 is 31.1 Å². The number of aromatic nitrogens is 2. The molecule has 0 radical (unpaired) electrons. The second-order valence-corrected chi connectivity index (χ2v) is 9.15. The molecule has 0 bridgehead atoms. The quantitative estimate of drug-likeness (QED) is 0.250. The van der Waals surface area contributed by atoms with Crippen molar-refractivity contribution in [3.8, 4) is 0 Å². The topological polar surface area (TPSA) is 61.4 Å². The van der Waals surface area contributed by atoms with Crippen molar-refractivity contribution in [1.29, 1.82) is 0 Å². The normalized spacial score (nSPS) is 14.5. The summed E-state index contributed by atoms with van der Waals surface area (Å²) in [4.78, 5) is 25.0. The van der Waals surface area contributed by atoms with Crippen LogP contribution in [0.25, 0.3) is 0 Å². The summed E-state index contributed by atoms with van der Waals surface area (Å²) < 4.78 is 78.2. The van der Waals surface area contributed by atoms with Crippen LogP contribution in [0.5, 0.6) is 0 Å². The van der Waals surface area contributed by atoms with Crippen LogP contribution in [0.3, 0.4) is 0 Å². The Bertz CT molecular complexity index is 1200. The molecule has 1 amide bonds. The zero-order chi connectivity index (χ0) is 26.6. The minimum Gasteiger partial charge on any atom is -0.368 e. The molecule has 0 aliphatic carbocycles. The Labute approximate surface area is 212 Å². The molecule has 1 fully saturated rings. The predicted molar refractivity (Wildman–Crippen MR) is 129 cm³/mol. The number of thioether (sulfide) groups is 1. The van der Waals surface area contributed by atoms with E-state index in [-0.39, 0.29) is 11.8 Å². The van der Waals surface area contributed by atoms with Crippen molar-refractivity contribution in [3.63, 3.8) is 0 Å². The van der Waals surface area contributed by atoms with Gasteiger partial charge < -0.3 is 15.1 Å². The van der Waals surface area contributed by atoms with E-state index in [2.05, 4.69) is 25.1 Å². The molecule has 0 saturated carbocycles. The molecule has 4 rings (SSSR count). The summed E-state index contributed by atoms with van der Waals surface area (Å²) in [5.41, 5.74) is -2.46. The van der Waals surface area contributed by atoms with Crippen LogP contribution in [-0.2, 0) is 17.1 Å². The lowest BCUT2D eigenvalue weighted by molar-refractivity contribution is -0.143. The van der Waals surface area contributed by atoms with E-state index in [0.717, 1.165) is 30.5 Å².